The van der Waals surface area contributed by atoms with E-state index in [1.165, 1.54) is 25.6 Å². The number of thiazole rings is 1. The molecule has 1 heterocycles. The van der Waals surface area contributed by atoms with Crippen LogP contribution in [-0.2, 0) is 0 Å². The number of benzene rings is 1. The summed E-state index contributed by atoms with van der Waals surface area (Å²) in [4.78, 5) is 4.26. The van der Waals surface area contributed by atoms with Crippen LogP contribution < -0.4 is 15.2 Å². The molecule has 0 unspecified atom stereocenters. The van der Waals surface area contributed by atoms with Crippen LogP contribution in [0, 0.1) is 0 Å². The predicted octanol–water partition coefficient (Wildman–Crippen LogP) is 2.58. The molecule has 0 fully saturated rings. The van der Waals surface area contributed by atoms with Crippen molar-refractivity contribution in [2.75, 3.05) is 14.2 Å². The Morgan fingerprint density at radius 1 is 1.40 bits per heavy atom. The molecule has 1 aromatic heterocycles. The van der Waals surface area contributed by atoms with Crippen molar-refractivity contribution in [2.45, 2.75) is 0 Å². The van der Waals surface area contributed by atoms with Gasteiger partial charge in [0.25, 0.3) is 0 Å². The topological polar surface area (TPSA) is 90.0 Å². The van der Waals surface area contributed by atoms with Crippen LogP contribution in [0.1, 0.15) is 5.01 Å². The molecular weight excluding hydrogens is 302 g/mol. The van der Waals surface area contributed by atoms with E-state index < -0.39 is 0 Å². The number of amidine groups is 1. The maximum Gasteiger partial charge on any atom is 0.199 e. The molecule has 0 aliphatic carbocycles. The second kappa shape index (κ2) is 5.98. The summed E-state index contributed by atoms with van der Waals surface area (Å²) in [5.41, 5.74) is 6.79. The highest BCUT2D eigenvalue weighted by Gasteiger charge is 2.17. The molecule has 6 nitrogen and oxygen atoms in total. The zero-order valence-electron chi connectivity index (χ0n) is 10.8. The van der Waals surface area contributed by atoms with Crippen LogP contribution in [0.3, 0.4) is 0 Å². The Labute approximate surface area is 124 Å². The molecule has 0 atom stereocenters. The van der Waals surface area contributed by atoms with Crippen molar-refractivity contribution >= 4 is 28.8 Å². The molecule has 1 aromatic carbocycles. The number of oxime groups is 1. The number of nitrogens with two attached hydrogens (primary N) is 1. The number of hydrogen-bond donors (Lipinski definition) is 2. The molecule has 2 rings (SSSR count). The lowest BCUT2D eigenvalue weighted by Crippen LogP contribution is -2.12. The van der Waals surface area contributed by atoms with Gasteiger partial charge in [-0.1, -0.05) is 16.8 Å². The van der Waals surface area contributed by atoms with Gasteiger partial charge in [-0.05, 0) is 12.1 Å². The fraction of sp³-hybridized carbons (Fsp3) is 0.167. The minimum Gasteiger partial charge on any atom is -0.493 e. The van der Waals surface area contributed by atoms with Gasteiger partial charge in [-0.2, -0.15) is 0 Å². The van der Waals surface area contributed by atoms with E-state index in [0.29, 0.717) is 32.8 Å². The molecule has 8 heteroatoms. The highest BCUT2D eigenvalue weighted by molar-refractivity contribution is 7.12. The average Bonchev–Trinajstić information content (AvgIpc) is 2.95. The Bertz CT molecular complexity index is 657. The fourth-order valence-corrected chi connectivity index (χ4v) is 2.69. The highest BCUT2D eigenvalue weighted by atomic mass is 35.5. The largest absolute Gasteiger partial charge is 0.493 e. The van der Waals surface area contributed by atoms with Gasteiger partial charge in [0.15, 0.2) is 22.3 Å². The summed E-state index contributed by atoms with van der Waals surface area (Å²) in [5, 5.41) is 14.1. The first kappa shape index (κ1) is 14.4. The molecule has 0 aliphatic rings. The SMILES string of the molecule is COc1ccc(-c2csc(C(N)=NO)n2)c(Cl)c1OC. The molecule has 0 bridgehead atoms. The van der Waals surface area contributed by atoms with Crippen LogP contribution in [0.2, 0.25) is 5.02 Å². The van der Waals surface area contributed by atoms with Crippen molar-refractivity contribution in [3.8, 4) is 22.8 Å². The van der Waals surface area contributed by atoms with Crippen LogP contribution >= 0.6 is 22.9 Å². The van der Waals surface area contributed by atoms with Gasteiger partial charge in [0.1, 0.15) is 0 Å². The number of rotatable bonds is 4. The molecule has 3 N–H and O–H groups in total. The van der Waals surface area contributed by atoms with Gasteiger partial charge in [0, 0.05) is 10.9 Å². The summed E-state index contributed by atoms with van der Waals surface area (Å²) in [7, 11) is 3.05. The number of aromatic nitrogens is 1. The minimum absolute atomic E-state index is 0.0437. The molecule has 0 spiro atoms. The van der Waals surface area contributed by atoms with Crippen molar-refractivity contribution < 1.29 is 14.7 Å². The number of hydrogen-bond acceptors (Lipinski definition) is 6. The number of halogens is 1. The third-order valence-corrected chi connectivity index (χ3v) is 3.83. The Hall–Kier alpha value is -1.99. The van der Waals surface area contributed by atoms with E-state index in [9.17, 15) is 0 Å². The minimum atomic E-state index is -0.0437. The third-order valence-electron chi connectivity index (χ3n) is 2.59. The van der Waals surface area contributed by atoms with E-state index in [1.54, 1.807) is 17.5 Å². The van der Waals surface area contributed by atoms with Gasteiger partial charge in [0.05, 0.1) is 24.9 Å². The lowest BCUT2D eigenvalue weighted by molar-refractivity contribution is 0.318. The van der Waals surface area contributed by atoms with E-state index in [4.69, 9.17) is 32.0 Å². The number of methoxy groups -OCH3 is 2. The molecule has 106 valence electrons. The van der Waals surface area contributed by atoms with Crippen molar-refractivity contribution in [3.63, 3.8) is 0 Å². The van der Waals surface area contributed by atoms with Gasteiger partial charge in [-0.3, -0.25) is 0 Å². The van der Waals surface area contributed by atoms with E-state index in [1.807, 2.05) is 0 Å². The summed E-state index contributed by atoms with van der Waals surface area (Å²) in [6, 6.07) is 3.51. The Morgan fingerprint density at radius 2 is 2.15 bits per heavy atom. The highest BCUT2D eigenvalue weighted by Crippen LogP contribution is 2.41. The lowest BCUT2D eigenvalue weighted by atomic mass is 10.1. The van der Waals surface area contributed by atoms with Crippen molar-refractivity contribution in [2.24, 2.45) is 10.9 Å². The Morgan fingerprint density at radius 3 is 2.75 bits per heavy atom. The smallest absolute Gasteiger partial charge is 0.199 e. The summed E-state index contributed by atoms with van der Waals surface area (Å²) in [6.07, 6.45) is 0. The van der Waals surface area contributed by atoms with Crippen LogP contribution in [-0.4, -0.2) is 30.2 Å². The van der Waals surface area contributed by atoms with E-state index in [0.717, 1.165) is 0 Å². The van der Waals surface area contributed by atoms with Gasteiger partial charge >= 0.3 is 0 Å². The maximum atomic E-state index is 8.64. The molecule has 0 aliphatic heterocycles. The standard InChI is InChI=1S/C12H12ClN3O3S/c1-18-8-4-3-6(9(13)10(8)19-2)7-5-20-12(15-7)11(14)16-17/h3-5,17H,1-2H3,(H2,14,16). The number of nitrogens with zero attached hydrogens (tertiary/aromatic N) is 2. The van der Waals surface area contributed by atoms with E-state index in [-0.39, 0.29) is 5.84 Å². The van der Waals surface area contributed by atoms with Gasteiger partial charge in [0.2, 0.25) is 0 Å². The van der Waals surface area contributed by atoms with Gasteiger partial charge in [-0.15, -0.1) is 11.3 Å². The first-order chi connectivity index (χ1) is 9.62. The maximum absolute atomic E-state index is 8.64. The Kier molecular flexibility index (Phi) is 4.31. The number of ether oxygens (including phenoxy) is 2. The molecule has 0 saturated heterocycles. The zero-order chi connectivity index (χ0) is 14.7. The van der Waals surface area contributed by atoms with Gasteiger partial charge < -0.3 is 20.4 Å². The second-order valence-electron chi connectivity index (χ2n) is 3.69. The van der Waals surface area contributed by atoms with E-state index in [2.05, 4.69) is 10.1 Å². The van der Waals surface area contributed by atoms with E-state index >= 15 is 0 Å². The fourth-order valence-electron chi connectivity index (χ4n) is 1.64. The quantitative estimate of drug-likeness (QED) is 0.392. The summed E-state index contributed by atoms with van der Waals surface area (Å²) < 4.78 is 10.4. The van der Waals surface area contributed by atoms with Crippen LogP contribution in [0.15, 0.2) is 22.7 Å². The molecule has 20 heavy (non-hydrogen) atoms. The first-order valence-electron chi connectivity index (χ1n) is 5.46. The molecular formula is C12H12ClN3O3S. The third kappa shape index (κ3) is 2.50. The van der Waals surface area contributed by atoms with Crippen molar-refractivity contribution in [1.29, 1.82) is 0 Å². The van der Waals surface area contributed by atoms with Crippen LogP contribution in [0.4, 0.5) is 0 Å². The molecule has 0 radical (unpaired) electrons. The Balaban J connectivity index is 2.51. The van der Waals surface area contributed by atoms with Crippen LogP contribution in [0.25, 0.3) is 11.3 Å². The van der Waals surface area contributed by atoms with Gasteiger partial charge in [-0.25, -0.2) is 4.98 Å². The zero-order valence-corrected chi connectivity index (χ0v) is 12.3. The second-order valence-corrected chi connectivity index (χ2v) is 4.92. The molecule has 2 aromatic rings. The lowest BCUT2D eigenvalue weighted by Gasteiger charge is -2.11. The molecule has 0 amide bonds. The molecule has 0 saturated carbocycles. The van der Waals surface area contributed by atoms with Crippen LogP contribution in [0.5, 0.6) is 11.5 Å². The summed E-state index contributed by atoms with van der Waals surface area (Å²) in [5.74, 6) is 0.927. The van der Waals surface area contributed by atoms with Crippen molar-refractivity contribution in [3.05, 3.63) is 27.5 Å². The van der Waals surface area contributed by atoms with Crippen molar-refractivity contribution in [1.82, 2.24) is 4.98 Å². The monoisotopic (exact) mass is 313 g/mol. The average molecular weight is 314 g/mol. The summed E-state index contributed by atoms with van der Waals surface area (Å²) >= 11 is 7.55. The summed E-state index contributed by atoms with van der Waals surface area (Å²) in [6.45, 7) is 0. The predicted molar refractivity (Wildman–Crippen MR) is 78.2 cm³/mol. The first-order valence-corrected chi connectivity index (χ1v) is 6.72. The normalized spacial score (nSPS) is 11.4.